The lowest BCUT2D eigenvalue weighted by molar-refractivity contribution is -0.121. The van der Waals surface area contributed by atoms with E-state index in [1.807, 2.05) is 24.3 Å². The van der Waals surface area contributed by atoms with Crippen molar-refractivity contribution < 1.29 is 4.79 Å². The largest absolute Gasteiger partial charge is 0.326 e. The molecule has 0 atom stereocenters. The average molecular weight is 347 g/mol. The van der Waals surface area contributed by atoms with Crippen LogP contribution in [0.15, 0.2) is 48.5 Å². The molecule has 26 heavy (non-hydrogen) atoms. The van der Waals surface area contributed by atoms with Gasteiger partial charge >= 0.3 is 0 Å². The molecule has 1 aliphatic rings. The fourth-order valence-corrected chi connectivity index (χ4v) is 3.46. The van der Waals surface area contributed by atoms with Gasteiger partial charge in [-0.1, -0.05) is 42.0 Å². The van der Waals surface area contributed by atoms with Crippen molar-refractivity contribution in [2.24, 2.45) is 5.92 Å². The van der Waals surface area contributed by atoms with E-state index >= 15 is 0 Å². The number of carbonyl (C=O) groups is 1. The Kier molecular flexibility index (Phi) is 6.04. The second-order valence-corrected chi connectivity index (χ2v) is 7.06. The molecule has 0 aromatic heterocycles. The highest BCUT2D eigenvalue weighted by molar-refractivity contribution is 5.92. The normalized spacial score (nSPS) is 15.4. The molecule has 4 nitrogen and oxygen atoms in total. The molecule has 1 saturated heterocycles. The predicted octanol–water partition coefficient (Wildman–Crippen LogP) is 3.91. The van der Waals surface area contributed by atoms with Crippen LogP contribution >= 0.6 is 0 Å². The van der Waals surface area contributed by atoms with Crippen LogP contribution in [-0.2, 0) is 17.8 Å². The molecule has 134 valence electrons. The Morgan fingerprint density at radius 2 is 1.88 bits per heavy atom. The van der Waals surface area contributed by atoms with Crippen LogP contribution in [0.4, 0.5) is 5.69 Å². The van der Waals surface area contributed by atoms with Crippen molar-refractivity contribution in [3.63, 3.8) is 0 Å². The topological polar surface area (TPSA) is 56.1 Å². The molecule has 1 heterocycles. The number of aryl methyl sites for hydroxylation is 1. The zero-order valence-electron chi connectivity index (χ0n) is 15.2. The molecule has 4 heteroatoms. The molecule has 1 amide bonds. The summed E-state index contributed by atoms with van der Waals surface area (Å²) in [4.78, 5) is 14.9. The van der Waals surface area contributed by atoms with Crippen LogP contribution in [0.25, 0.3) is 0 Å². The maximum absolute atomic E-state index is 12.5. The monoisotopic (exact) mass is 347 g/mol. The number of hydrogen-bond donors (Lipinski definition) is 1. The van der Waals surface area contributed by atoms with E-state index in [1.54, 1.807) is 0 Å². The summed E-state index contributed by atoms with van der Waals surface area (Å²) in [5.41, 5.74) is 4.40. The highest BCUT2D eigenvalue weighted by Crippen LogP contribution is 2.21. The zero-order valence-corrected chi connectivity index (χ0v) is 15.2. The minimum Gasteiger partial charge on any atom is -0.326 e. The van der Waals surface area contributed by atoms with Gasteiger partial charge in [0.25, 0.3) is 0 Å². The number of nitrogens with one attached hydrogen (secondary N) is 1. The molecular weight excluding hydrogens is 322 g/mol. The molecule has 3 rings (SSSR count). The minimum absolute atomic E-state index is 0.0718. The van der Waals surface area contributed by atoms with E-state index in [0.717, 1.165) is 43.7 Å². The number of carbonyl (C=O) groups excluding carboxylic acids is 1. The van der Waals surface area contributed by atoms with Gasteiger partial charge in [-0.25, -0.2) is 0 Å². The molecular formula is C22H25N3O. The van der Waals surface area contributed by atoms with Crippen LogP contribution < -0.4 is 5.32 Å². The Hall–Kier alpha value is -2.64. The van der Waals surface area contributed by atoms with E-state index in [-0.39, 0.29) is 11.8 Å². The number of nitriles is 1. The minimum atomic E-state index is 0.0718. The molecule has 2 aromatic rings. The second kappa shape index (κ2) is 8.64. The van der Waals surface area contributed by atoms with Crippen molar-refractivity contribution in [3.05, 3.63) is 65.2 Å². The fourth-order valence-electron chi connectivity index (χ4n) is 3.46. The SMILES string of the molecule is Cc1cccc(CN2CCC(C(=O)Nc3ccc(CC#N)cc3)CC2)c1. The molecule has 0 spiro atoms. The Bertz CT molecular complexity index is 784. The van der Waals surface area contributed by atoms with Gasteiger partial charge in [0.05, 0.1) is 12.5 Å². The number of amides is 1. The average Bonchev–Trinajstić information content (AvgIpc) is 2.64. The Morgan fingerprint density at radius 3 is 2.54 bits per heavy atom. The third-order valence-corrected chi connectivity index (χ3v) is 4.95. The summed E-state index contributed by atoms with van der Waals surface area (Å²) < 4.78 is 0. The number of likely N-dealkylation sites (tertiary alicyclic amines) is 1. The molecule has 0 aliphatic carbocycles. The van der Waals surface area contributed by atoms with Crippen molar-refractivity contribution in [3.8, 4) is 6.07 Å². The lowest BCUT2D eigenvalue weighted by Crippen LogP contribution is -2.37. The molecule has 1 N–H and O–H groups in total. The standard InChI is InChI=1S/C22H25N3O/c1-17-3-2-4-19(15-17)16-25-13-10-20(11-14-25)22(26)24-21-7-5-18(6-8-21)9-12-23/h2-8,15,20H,9-11,13-14,16H2,1H3,(H,24,26). The number of anilines is 1. The van der Waals surface area contributed by atoms with Crippen LogP contribution in [-0.4, -0.2) is 23.9 Å². The fraction of sp³-hybridized carbons (Fsp3) is 0.364. The summed E-state index contributed by atoms with van der Waals surface area (Å²) in [6.45, 7) is 4.98. The Morgan fingerprint density at radius 1 is 1.15 bits per heavy atom. The summed E-state index contributed by atoms with van der Waals surface area (Å²) in [5, 5.41) is 11.7. The highest BCUT2D eigenvalue weighted by Gasteiger charge is 2.25. The van der Waals surface area contributed by atoms with Crippen LogP contribution in [0.1, 0.15) is 29.5 Å². The van der Waals surface area contributed by atoms with E-state index in [0.29, 0.717) is 6.42 Å². The molecule has 0 radical (unpaired) electrons. The molecule has 0 unspecified atom stereocenters. The maximum Gasteiger partial charge on any atom is 0.227 e. The van der Waals surface area contributed by atoms with Gasteiger partial charge in [-0.2, -0.15) is 5.26 Å². The maximum atomic E-state index is 12.5. The first-order valence-corrected chi connectivity index (χ1v) is 9.18. The number of piperidine rings is 1. The summed E-state index contributed by atoms with van der Waals surface area (Å²) in [7, 11) is 0. The van der Waals surface area contributed by atoms with Crippen molar-refractivity contribution in [2.75, 3.05) is 18.4 Å². The van der Waals surface area contributed by atoms with Crippen molar-refractivity contribution >= 4 is 11.6 Å². The smallest absolute Gasteiger partial charge is 0.227 e. The van der Waals surface area contributed by atoms with Gasteiger partial charge in [0.2, 0.25) is 5.91 Å². The van der Waals surface area contributed by atoms with E-state index in [1.165, 1.54) is 11.1 Å². The van der Waals surface area contributed by atoms with Crippen LogP contribution in [0.3, 0.4) is 0 Å². The van der Waals surface area contributed by atoms with Gasteiger partial charge < -0.3 is 5.32 Å². The van der Waals surface area contributed by atoms with E-state index in [9.17, 15) is 4.79 Å². The van der Waals surface area contributed by atoms with Crippen molar-refractivity contribution in [1.29, 1.82) is 5.26 Å². The third-order valence-electron chi connectivity index (χ3n) is 4.95. The van der Waals surface area contributed by atoms with Gasteiger partial charge in [-0.05, 0) is 56.1 Å². The van der Waals surface area contributed by atoms with Crippen LogP contribution in [0, 0.1) is 24.2 Å². The Balaban J connectivity index is 1.48. The summed E-state index contributed by atoms with van der Waals surface area (Å²) >= 11 is 0. The zero-order chi connectivity index (χ0) is 18.4. The second-order valence-electron chi connectivity index (χ2n) is 7.06. The van der Waals surface area contributed by atoms with Gasteiger partial charge in [0.15, 0.2) is 0 Å². The van der Waals surface area contributed by atoms with Crippen molar-refractivity contribution in [1.82, 2.24) is 4.90 Å². The third kappa shape index (κ3) is 4.93. The summed E-state index contributed by atoms with van der Waals surface area (Å²) in [5.74, 6) is 0.177. The van der Waals surface area contributed by atoms with Gasteiger partial charge in [-0.15, -0.1) is 0 Å². The number of nitrogens with zero attached hydrogens (tertiary/aromatic N) is 2. The molecule has 2 aromatic carbocycles. The summed E-state index contributed by atoms with van der Waals surface area (Å²) in [6.07, 6.45) is 2.18. The molecule has 1 aliphatic heterocycles. The van der Waals surface area contributed by atoms with E-state index in [2.05, 4.69) is 47.5 Å². The number of rotatable bonds is 5. The predicted molar refractivity (Wildman–Crippen MR) is 104 cm³/mol. The lowest BCUT2D eigenvalue weighted by Gasteiger charge is -2.31. The first-order chi connectivity index (χ1) is 12.6. The number of benzene rings is 2. The number of hydrogen-bond acceptors (Lipinski definition) is 3. The van der Waals surface area contributed by atoms with E-state index < -0.39 is 0 Å². The van der Waals surface area contributed by atoms with Gasteiger partial charge in [0.1, 0.15) is 0 Å². The first-order valence-electron chi connectivity index (χ1n) is 9.18. The quantitative estimate of drug-likeness (QED) is 0.892. The van der Waals surface area contributed by atoms with Crippen molar-refractivity contribution in [2.45, 2.75) is 32.7 Å². The van der Waals surface area contributed by atoms with E-state index in [4.69, 9.17) is 5.26 Å². The van der Waals surface area contributed by atoms with Gasteiger partial charge in [-0.3, -0.25) is 9.69 Å². The summed E-state index contributed by atoms with van der Waals surface area (Å²) in [6, 6.07) is 18.3. The van der Waals surface area contributed by atoms with Crippen LogP contribution in [0.5, 0.6) is 0 Å². The highest BCUT2D eigenvalue weighted by atomic mass is 16.1. The molecule has 0 bridgehead atoms. The molecule has 0 saturated carbocycles. The Labute approximate surface area is 155 Å². The van der Waals surface area contributed by atoms with Gasteiger partial charge in [0, 0.05) is 18.2 Å². The first kappa shape index (κ1) is 18.2. The molecule has 1 fully saturated rings. The van der Waals surface area contributed by atoms with Crippen LogP contribution in [0.2, 0.25) is 0 Å². The lowest BCUT2D eigenvalue weighted by atomic mass is 9.95.